The van der Waals surface area contributed by atoms with E-state index < -0.39 is 5.97 Å². The van der Waals surface area contributed by atoms with Crippen LogP contribution in [-0.2, 0) is 0 Å². The minimum atomic E-state index is -1.02. The quantitative estimate of drug-likeness (QED) is 0.873. The van der Waals surface area contributed by atoms with Crippen molar-refractivity contribution in [3.05, 3.63) is 23.7 Å². The Morgan fingerprint density at radius 3 is 2.79 bits per heavy atom. The lowest BCUT2D eigenvalue weighted by molar-refractivity contribution is 0.0658. The molecule has 106 valence electrons. The number of aromatic carboxylic acids is 1. The number of hydrogen-bond donors (Lipinski definition) is 2. The highest BCUT2D eigenvalue weighted by molar-refractivity contribution is 5.84. The van der Waals surface area contributed by atoms with Gasteiger partial charge in [-0.3, -0.25) is 0 Å². The molecule has 0 aromatic carbocycles. The van der Waals surface area contributed by atoms with Gasteiger partial charge in [0.1, 0.15) is 5.76 Å². The zero-order chi connectivity index (χ0) is 14.0. The largest absolute Gasteiger partial charge is 0.475 e. The number of hydrogen-bond acceptors (Lipinski definition) is 3. The van der Waals surface area contributed by atoms with Gasteiger partial charge in [-0.05, 0) is 37.3 Å². The van der Waals surface area contributed by atoms with Crippen LogP contribution < -0.4 is 5.32 Å². The van der Waals surface area contributed by atoms with E-state index in [9.17, 15) is 4.79 Å². The standard InChI is InChI=1S/C15H23NO3/c1-10(11-7-8-12(19-11)14(17)18)16-13-6-4-5-9-15(13,2)3/h7-8,10,13,16H,4-6,9H2,1-3H3,(H,17,18). The van der Waals surface area contributed by atoms with Crippen molar-refractivity contribution < 1.29 is 14.3 Å². The zero-order valence-electron chi connectivity index (χ0n) is 11.9. The van der Waals surface area contributed by atoms with Crippen molar-refractivity contribution in [2.75, 3.05) is 0 Å². The van der Waals surface area contributed by atoms with Crippen LogP contribution in [0.1, 0.15) is 68.8 Å². The topological polar surface area (TPSA) is 62.5 Å². The smallest absolute Gasteiger partial charge is 0.371 e. The summed E-state index contributed by atoms with van der Waals surface area (Å²) in [5.41, 5.74) is 0.286. The molecule has 0 saturated heterocycles. The fraction of sp³-hybridized carbons (Fsp3) is 0.667. The van der Waals surface area contributed by atoms with Crippen LogP contribution in [0.15, 0.2) is 16.5 Å². The Labute approximate surface area is 114 Å². The van der Waals surface area contributed by atoms with Crippen molar-refractivity contribution in [3.8, 4) is 0 Å². The highest BCUT2D eigenvalue weighted by atomic mass is 16.4. The Morgan fingerprint density at radius 1 is 1.47 bits per heavy atom. The average Bonchev–Trinajstić information content (AvgIpc) is 2.81. The van der Waals surface area contributed by atoms with Crippen molar-refractivity contribution in [1.29, 1.82) is 0 Å². The summed E-state index contributed by atoms with van der Waals surface area (Å²) in [6.45, 7) is 6.61. The molecule has 1 saturated carbocycles. The predicted molar refractivity (Wildman–Crippen MR) is 73.3 cm³/mol. The lowest BCUT2D eigenvalue weighted by atomic mass is 9.73. The van der Waals surface area contributed by atoms with E-state index in [1.165, 1.54) is 31.7 Å². The van der Waals surface area contributed by atoms with Crippen molar-refractivity contribution in [2.24, 2.45) is 5.41 Å². The van der Waals surface area contributed by atoms with Crippen LogP contribution >= 0.6 is 0 Å². The van der Waals surface area contributed by atoms with Gasteiger partial charge in [-0.25, -0.2) is 4.79 Å². The van der Waals surface area contributed by atoms with Gasteiger partial charge in [0, 0.05) is 6.04 Å². The Kier molecular flexibility index (Phi) is 3.99. The first-order valence-corrected chi connectivity index (χ1v) is 6.99. The van der Waals surface area contributed by atoms with Gasteiger partial charge < -0.3 is 14.8 Å². The molecule has 2 unspecified atom stereocenters. The number of furan rings is 1. The van der Waals surface area contributed by atoms with E-state index in [4.69, 9.17) is 9.52 Å². The monoisotopic (exact) mass is 265 g/mol. The van der Waals surface area contributed by atoms with Gasteiger partial charge in [0.25, 0.3) is 0 Å². The second-order valence-corrected chi connectivity index (χ2v) is 6.18. The Bertz CT molecular complexity index is 450. The Balaban J connectivity index is 2.03. The minimum absolute atomic E-state index is 0.00607. The number of carboxylic acid groups (broad SMARTS) is 1. The van der Waals surface area contributed by atoms with Crippen LogP contribution in [0.25, 0.3) is 0 Å². The van der Waals surface area contributed by atoms with Crippen LogP contribution in [0, 0.1) is 5.41 Å². The second-order valence-electron chi connectivity index (χ2n) is 6.18. The Morgan fingerprint density at radius 2 is 2.21 bits per heavy atom. The highest BCUT2D eigenvalue weighted by Gasteiger charge is 2.33. The van der Waals surface area contributed by atoms with Gasteiger partial charge in [0.2, 0.25) is 5.76 Å². The first-order valence-electron chi connectivity index (χ1n) is 6.99. The van der Waals surface area contributed by atoms with E-state index in [0.717, 1.165) is 0 Å². The van der Waals surface area contributed by atoms with Crippen molar-refractivity contribution in [1.82, 2.24) is 5.32 Å². The lowest BCUT2D eigenvalue weighted by Gasteiger charge is -2.40. The number of rotatable bonds is 4. The van der Waals surface area contributed by atoms with Crippen LogP contribution in [-0.4, -0.2) is 17.1 Å². The third-order valence-corrected chi connectivity index (χ3v) is 4.22. The van der Waals surface area contributed by atoms with E-state index in [1.807, 2.05) is 6.92 Å². The molecule has 2 N–H and O–H groups in total. The number of nitrogens with one attached hydrogen (secondary N) is 1. The normalized spacial score (nSPS) is 24.1. The summed E-state index contributed by atoms with van der Waals surface area (Å²) in [7, 11) is 0. The molecule has 0 amide bonds. The highest BCUT2D eigenvalue weighted by Crippen LogP contribution is 2.36. The van der Waals surface area contributed by atoms with Gasteiger partial charge in [-0.1, -0.05) is 26.7 Å². The maximum absolute atomic E-state index is 10.8. The molecule has 0 bridgehead atoms. The molecule has 0 spiro atoms. The van der Waals surface area contributed by atoms with Gasteiger partial charge >= 0.3 is 5.97 Å². The van der Waals surface area contributed by atoms with E-state index in [-0.39, 0.29) is 17.2 Å². The molecule has 4 heteroatoms. The Hall–Kier alpha value is -1.29. The molecular formula is C15H23NO3. The summed E-state index contributed by atoms with van der Waals surface area (Å²) >= 11 is 0. The van der Waals surface area contributed by atoms with Gasteiger partial charge in [-0.2, -0.15) is 0 Å². The lowest BCUT2D eigenvalue weighted by Crippen LogP contribution is -2.45. The van der Waals surface area contributed by atoms with Gasteiger partial charge in [0.15, 0.2) is 0 Å². The van der Waals surface area contributed by atoms with Crippen LogP contribution in [0.5, 0.6) is 0 Å². The molecule has 2 atom stereocenters. The SMILES string of the molecule is CC(NC1CCCCC1(C)C)c1ccc(C(=O)O)o1. The zero-order valence-corrected chi connectivity index (χ0v) is 11.9. The fourth-order valence-electron chi connectivity index (χ4n) is 2.89. The van der Waals surface area contributed by atoms with E-state index in [1.54, 1.807) is 6.07 Å². The third kappa shape index (κ3) is 3.18. The van der Waals surface area contributed by atoms with Crippen LogP contribution in [0.4, 0.5) is 0 Å². The van der Waals surface area contributed by atoms with Gasteiger partial charge in [0.05, 0.1) is 6.04 Å². The minimum Gasteiger partial charge on any atom is -0.475 e. The predicted octanol–water partition coefficient (Wildman–Crippen LogP) is 3.60. The summed E-state index contributed by atoms with van der Waals surface area (Å²) in [6, 6.07) is 3.75. The molecular weight excluding hydrogens is 242 g/mol. The molecule has 1 heterocycles. The average molecular weight is 265 g/mol. The molecule has 1 aliphatic carbocycles. The molecule has 1 aliphatic rings. The van der Waals surface area contributed by atoms with Crippen molar-refractivity contribution in [3.63, 3.8) is 0 Å². The summed E-state index contributed by atoms with van der Waals surface area (Å²) in [5.74, 6) is -0.318. The summed E-state index contributed by atoms with van der Waals surface area (Å²) in [5, 5.41) is 12.5. The third-order valence-electron chi connectivity index (χ3n) is 4.22. The molecule has 0 aliphatic heterocycles. The van der Waals surface area contributed by atoms with E-state index in [2.05, 4.69) is 19.2 Å². The summed E-state index contributed by atoms with van der Waals surface area (Å²) < 4.78 is 5.35. The molecule has 19 heavy (non-hydrogen) atoms. The summed E-state index contributed by atoms with van der Waals surface area (Å²) in [6.07, 6.45) is 4.95. The van der Waals surface area contributed by atoms with E-state index in [0.29, 0.717) is 11.8 Å². The fourth-order valence-corrected chi connectivity index (χ4v) is 2.89. The second kappa shape index (κ2) is 5.37. The number of carboxylic acids is 1. The molecule has 0 radical (unpaired) electrons. The summed E-state index contributed by atoms with van der Waals surface area (Å²) in [4.78, 5) is 10.8. The molecule has 2 rings (SSSR count). The molecule has 1 aromatic rings. The van der Waals surface area contributed by atoms with Gasteiger partial charge in [-0.15, -0.1) is 0 Å². The van der Waals surface area contributed by atoms with Crippen LogP contribution in [0.3, 0.4) is 0 Å². The first kappa shape index (κ1) is 14.1. The van der Waals surface area contributed by atoms with E-state index >= 15 is 0 Å². The molecule has 1 fully saturated rings. The van der Waals surface area contributed by atoms with Crippen molar-refractivity contribution in [2.45, 2.75) is 58.5 Å². The van der Waals surface area contributed by atoms with Crippen molar-refractivity contribution >= 4 is 5.97 Å². The van der Waals surface area contributed by atoms with Crippen LogP contribution in [0.2, 0.25) is 0 Å². The molecule has 1 aromatic heterocycles. The maximum Gasteiger partial charge on any atom is 0.371 e. The number of carbonyl (C=O) groups is 1. The molecule has 4 nitrogen and oxygen atoms in total. The first-order chi connectivity index (χ1) is 8.90. The maximum atomic E-state index is 10.8.